The van der Waals surface area contributed by atoms with Crippen LogP contribution in [0.25, 0.3) is 0 Å². The summed E-state index contributed by atoms with van der Waals surface area (Å²) in [5.41, 5.74) is 7.39. The van der Waals surface area contributed by atoms with Crippen molar-refractivity contribution in [3.05, 3.63) is 29.8 Å². The van der Waals surface area contributed by atoms with E-state index in [2.05, 4.69) is 49.9 Å². The van der Waals surface area contributed by atoms with Crippen LogP contribution >= 0.6 is 0 Å². The number of benzene rings is 1. The van der Waals surface area contributed by atoms with Gasteiger partial charge in [-0.1, -0.05) is 39.3 Å². The maximum atomic E-state index is 5.89. The Morgan fingerprint density at radius 1 is 1.19 bits per heavy atom. The standard InChI is InChI=1S/C18H30N2O/c1-18(2,3)15-7-9-17(10-8-15)21-13-12-20-11-5-4-6-16(20)14-19/h7-10,16H,4-6,11-14,19H2,1-3H3. The van der Waals surface area contributed by atoms with Gasteiger partial charge in [0, 0.05) is 19.1 Å². The molecule has 0 aromatic heterocycles. The van der Waals surface area contributed by atoms with E-state index < -0.39 is 0 Å². The Kier molecular flexibility index (Phi) is 5.65. The molecule has 1 aliphatic heterocycles. The number of ether oxygens (including phenoxy) is 1. The summed E-state index contributed by atoms with van der Waals surface area (Å²) in [6, 6.07) is 9.04. The molecule has 0 aliphatic carbocycles. The molecule has 1 aliphatic rings. The number of hydrogen-bond donors (Lipinski definition) is 1. The second-order valence-electron chi connectivity index (χ2n) is 7.04. The molecule has 2 rings (SSSR count). The summed E-state index contributed by atoms with van der Waals surface area (Å²) in [6.45, 7) is 10.3. The SMILES string of the molecule is CC(C)(C)c1ccc(OCCN2CCCCC2CN)cc1. The van der Waals surface area contributed by atoms with Gasteiger partial charge in [-0.05, 0) is 42.5 Å². The average Bonchev–Trinajstić information content (AvgIpc) is 2.47. The molecule has 1 heterocycles. The summed E-state index contributed by atoms with van der Waals surface area (Å²) in [4.78, 5) is 2.48. The Balaban J connectivity index is 1.80. The first kappa shape index (κ1) is 16.3. The van der Waals surface area contributed by atoms with Crippen molar-refractivity contribution in [3.8, 4) is 5.75 Å². The van der Waals surface area contributed by atoms with Crippen molar-refractivity contribution < 1.29 is 4.74 Å². The van der Waals surface area contributed by atoms with E-state index in [-0.39, 0.29) is 5.41 Å². The maximum Gasteiger partial charge on any atom is 0.119 e. The topological polar surface area (TPSA) is 38.5 Å². The summed E-state index contributed by atoms with van der Waals surface area (Å²) >= 11 is 0. The van der Waals surface area contributed by atoms with E-state index in [4.69, 9.17) is 10.5 Å². The summed E-state index contributed by atoms with van der Waals surface area (Å²) in [7, 11) is 0. The van der Waals surface area contributed by atoms with Crippen molar-refractivity contribution in [1.29, 1.82) is 0 Å². The Labute approximate surface area is 129 Å². The molecular formula is C18H30N2O. The molecule has 118 valence electrons. The third kappa shape index (κ3) is 4.72. The number of hydrogen-bond acceptors (Lipinski definition) is 3. The minimum Gasteiger partial charge on any atom is -0.492 e. The molecule has 2 N–H and O–H groups in total. The molecule has 0 spiro atoms. The number of piperidine rings is 1. The minimum absolute atomic E-state index is 0.195. The molecule has 21 heavy (non-hydrogen) atoms. The lowest BCUT2D eigenvalue weighted by Crippen LogP contribution is -2.45. The van der Waals surface area contributed by atoms with Crippen LogP contribution < -0.4 is 10.5 Å². The third-order valence-corrected chi connectivity index (χ3v) is 4.39. The number of nitrogens with zero attached hydrogens (tertiary/aromatic N) is 1. The van der Waals surface area contributed by atoms with Gasteiger partial charge < -0.3 is 10.5 Å². The first-order valence-electron chi connectivity index (χ1n) is 8.18. The maximum absolute atomic E-state index is 5.89. The number of nitrogens with two attached hydrogens (primary N) is 1. The van der Waals surface area contributed by atoms with Gasteiger partial charge in [0.15, 0.2) is 0 Å². The molecule has 0 bridgehead atoms. The van der Waals surface area contributed by atoms with Gasteiger partial charge in [-0.15, -0.1) is 0 Å². The zero-order valence-corrected chi connectivity index (χ0v) is 13.8. The van der Waals surface area contributed by atoms with E-state index in [9.17, 15) is 0 Å². The van der Waals surface area contributed by atoms with E-state index in [0.29, 0.717) is 6.04 Å². The summed E-state index contributed by atoms with van der Waals surface area (Å²) in [5, 5.41) is 0. The minimum atomic E-state index is 0.195. The number of likely N-dealkylation sites (tertiary alicyclic amines) is 1. The smallest absolute Gasteiger partial charge is 0.119 e. The Morgan fingerprint density at radius 3 is 2.52 bits per heavy atom. The second kappa shape index (κ2) is 7.28. The predicted octanol–water partition coefficient (Wildman–Crippen LogP) is 3.18. The van der Waals surface area contributed by atoms with Gasteiger partial charge in [-0.25, -0.2) is 0 Å². The highest BCUT2D eigenvalue weighted by molar-refractivity contribution is 5.31. The van der Waals surface area contributed by atoms with Crippen LogP contribution in [0.2, 0.25) is 0 Å². The van der Waals surface area contributed by atoms with Gasteiger partial charge in [0.1, 0.15) is 12.4 Å². The van der Waals surface area contributed by atoms with E-state index in [1.54, 1.807) is 0 Å². The first-order valence-corrected chi connectivity index (χ1v) is 8.18. The molecule has 0 saturated carbocycles. The van der Waals surface area contributed by atoms with Gasteiger partial charge in [0.05, 0.1) is 0 Å². The molecular weight excluding hydrogens is 260 g/mol. The fourth-order valence-electron chi connectivity index (χ4n) is 2.95. The monoisotopic (exact) mass is 290 g/mol. The lowest BCUT2D eigenvalue weighted by Gasteiger charge is -2.34. The third-order valence-electron chi connectivity index (χ3n) is 4.39. The van der Waals surface area contributed by atoms with E-state index in [1.165, 1.54) is 24.8 Å². The van der Waals surface area contributed by atoms with Crippen LogP contribution in [-0.2, 0) is 5.41 Å². The predicted molar refractivity (Wildman–Crippen MR) is 88.9 cm³/mol. The quantitative estimate of drug-likeness (QED) is 0.905. The van der Waals surface area contributed by atoms with Gasteiger partial charge in [0.25, 0.3) is 0 Å². The molecule has 1 aromatic carbocycles. The molecule has 0 radical (unpaired) electrons. The lowest BCUT2D eigenvalue weighted by atomic mass is 9.87. The molecule has 3 nitrogen and oxygen atoms in total. The van der Waals surface area contributed by atoms with E-state index in [0.717, 1.165) is 32.0 Å². The van der Waals surface area contributed by atoms with Crippen LogP contribution in [-0.4, -0.2) is 37.2 Å². The van der Waals surface area contributed by atoms with Crippen molar-refractivity contribution in [2.45, 2.75) is 51.5 Å². The lowest BCUT2D eigenvalue weighted by molar-refractivity contribution is 0.127. The zero-order chi connectivity index (χ0) is 15.3. The van der Waals surface area contributed by atoms with Gasteiger partial charge in [0.2, 0.25) is 0 Å². The normalized spacial score (nSPS) is 20.5. The Hall–Kier alpha value is -1.06. The van der Waals surface area contributed by atoms with Crippen LogP contribution in [0.15, 0.2) is 24.3 Å². The van der Waals surface area contributed by atoms with Crippen LogP contribution in [0.5, 0.6) is 5.75 Å². The number of rotatable bonds is 5. The Morgan fingerprint density at radius 2 is 1.90 bits per heavy atom. The van der Waals surface area contributed by atoms with E-state index in [1.807, 2.05) is 0 Å². The summed E-state index contributed by atoms with van der Waals surface area (Å²) in [6.07, 6.45) is 3.83. The van der Waals surface area contributed by atoms with Crippen molar-refractivity contribution in [1.82, 2.24) is 4.90 Å². The molecule has 1 saturated heterocycles. The molecule has 0 amide bonds. The van der Waals surface area contributed by atoms with Crippen molar-refractivity contribution >= 4 is 0 Å². The highest BCUT2D eigenvalue weighted by Gasteiger charge is 2.20. The van der Waals surface area contributed by atoms with Crippen LogP contribution in [0.3, 0.4) is 0 Å². The van der Waals surface area contributed by atoms with Crippen LogP contribution in [0, 0.1) is 0 Å². The largest absolute Gasteiger partial charge is 0.492 e. The molecule has 1 fully saturated rings. The zero-order valence-electron chi connectivity index (χ0n) is 13.8. The molecule has 1 atom stereocenters. The summed E-state index contributed by atoms with van der Waals surface area (Å²) < 4.78 is 5.89. The molecule has 3 heteroatoms. The Bertz CT molecular complexity index is 422. The van der Waals surface area contributed by atoms with Gasteiger partial charge in [-0.3, -0.25) is 4.90 Å². The van der Waals surface area contributed by atoms with Crippen molar-refractivity contribution in [2.24, 2.45) is 5.73 Å². The highest BCUT2D eigenvalue weighted by atomic mass is 16.5. The summed E-state index contributed by atoms with van der Waals surface area (Å²) in [5.74, 6) is 0.962. The fraction of sp³-hybridized carbons (Fsp3) is 0.667. The fourth-order valence-corrected chi connectivity index (χ4v) is 2.95. The van der Waals surface area contributed by atoms with Gasteiger partial charge in [-0.2, -0.15) is 0 Å². The van der Waals surface area contributed by atoms with Crippen LogP contribution in [0.1, 0.15) is 45.6 Å². The second-order valence-corrected chi connectivity index (χ2v) is 7.04. The van der Waals surface area contributed by atoms with Crippen molar-refractivity contribution in [3.63, 3.8) is 0 Å². The molecule has 1 aromatic rings. The average molecular weight is 290 g/mol. The van der Waals surface area contributed by atoms with Crippen molar-refractivity contribution in [2.75, 3.05) is 26.2 Å². The van der Waals surface area contributed by atoms with Gasteiger partial charge >= 0.3 is 0 Å². The highest BCUT2D eigenvalue weighted by Crippen LogP contribution is 2.24. The molecule has 1 unspecified atom stereocenters. The van der Waals surface area contributed by atoms with E-state index >= 15 is 0 Å². The van der Waals surface area contributed by atoms with Crippen LogP contribution in [0.4, 0.5) is 0 Å². The first-order chi connectivity index (χ1) is 10.0.